The van der Waals surface area contributed by atoms with Crippen molar-refractivity contribution in [1.82, 2.24) is 0 Å². The van der Waals surface area contributed by atoms with E-state index in [1.807, 2.05) is 12.2 Å². The summed E-state index contributed by atoms with van der Waals surface area (Å²) in [6.07, 6.45) is 10.0. The zero-order valence-electron chi connectivity index (χ0n) is 13.9. The molecule has 2 radical (unpaired) electrons. The molecule has 0 fully saturated rings. The molecule has 128 valence electrons. The van der Waals surface area contributed by atoms with E-state index in [0.29, 0.717) is 0 Å². The van der Waals surface area contributed by atoms with Crippen molar-refractivity contribution in [2.24, 2.45) is 0 Å². The number of halogens is 3. The first kappa shape index (κ1) is 31.3. The van der Waals surface area contributed by atoms with Crippen molar-refractivity contribution in [2.45, 2.75) is 20.3 Å². The summed E-state index contributed by atoms with van der Waals surface area (Å²) < 4.78 is 1.23. The maximum absolute atomic E-state index is 3.59. The Kier molecular flexibility index (Phi) is 23.5. The zero-order valence-corrected chi connectivity index (χ0v) is 20.6. The van der Waals surface area contributed by atoms with Gasteiger partial charge in [-0.15, -0.1) is 65.8 Å². The van der Waals surface area contributed by atoms with Gasteiger partial charge in [-0.3, -0.25) is 6.08 Å². The third-order valence-corrected chi connectivity index (χ3v) is 3.80. The van der Waals surface area contributed by atoms with E-state index in [4.69, 9.17) is 0 Å². The van der Waals surface area contributed by atoms with Gasteiger partial charge in [-0.1, -0.05) is 28.4 Å². The minimum absolute atomic E-state index is 0. The molecule has 0 nitrogen and oxygen atoms in total. The van der Waals surface area contributed by atoms with E-state index in [0.717, 1.165) is 6.42 Å². The van der Waals surface area contributed by atoms with Crippen molar-refractivity contribution in [3.8, 4) is 0 Å². The van der Waals surface area contributed by atoms with Gasteiger partial charge in [-0.05, 0) is 11.4 Å². The number of hydrogen-bond donors (Lipinski definition) is 0. The Morgan fingerprint density at radius 2 is 1.78 bits per heavy atom. The fourth-order valence-electron chi connectivity index (χ4n) is 1.84. The van der Waals surface area contributed by atoms with Crippen molar-refractivity contribution in [3.05, 3.63) is 79.0 Å². The molecular weight excluding hydrogens is 486 g/mol. The quantitative estimate of drug-likeness (QED) is 0.277. The third kappa shape index (κ3) is 10.1. The second-order valence-electron chi connectivity index (χ2n) is 4.24. The normalized spacial score (nSPS) is 9.65. The summed E-state index contributed by atoms with van der Waals surface area (Å²) in [5.74, 6) is 0. The van der Waals surface area contributed by atoms with E-state index >= 15 is 0 Å². The van der Waals surface area contributed by atoms with E-state index in [9.17, 15) is 0 Å². The van der Waals surface area contributed by atoms with Gasteiger partial charge in [0.25, 0.3) is 0 Å². The Hall–Kier alpha value is 0.470. The molecule has 0 saturated carbocycles. The standard InChI is InChI=1S/C11H10Br.C5H5.2CH3.2ClH.Si.Zr/c1-7-5-9-4-3-8(2)11(12)10(9)6-7;1-2-4-5-3-1;;;;;;/h3-6H,1-2H3;1-3H,4H2;2*1H3;2*1H;;/q4*-1;;;;. The van der Waals surface area contributed by atoms with Crippen LogP contribution in [0.2, 0.25) is 0 Å². The van der Waals surface area contributed by atoms with E-state index in [-0.39, 0.29) is 39.7 Å². The van der Waals surface area contributed by atoms with E-state index in [2.05, 4.69) is 73.1 Å². The van der Waals surface area contributed by atoms with Crippen molar-refractivity contribution in [2.75, 3.05) is 0 Å². The van der Waals surface area contributed by atoms with Gasteiger partial charge in [-0.25, -0.2) is 12.2 Å². The second-order valence-corrected chi connectivity index (χ2v) is 5.03. The molecule has 3 rings (SSSR count). The summed E-state index contributed by atoms with van der Waals surface area (Å²) in [6.45, 7) is 7.31. The van der Waals surface area contributed by atoms with Gasteiger partial charge in [-0.2, -0.15) is 12.1 Å². The van der Waals surface area contributed by atoms with Crippen LogP contribution in [0.1, 0.15) is 17.5 Å². The summed E-state index contributed by atoms with van der Waals surface area (Å²) in [7, 11) is 0. The molecule has 0 aliphatic heterocycles. The van der Waals surface area contributed by atoms with Gasteiger partial charge >= 0.3 is 30.2 Å². The molecule has 5 heteroatoms. The van der Waals surface area contributed by atoms with Crippen LogP contribution < -0.4 is 0 Å². The fraction of sp³-hybridized carbons (Fsp3) is 0.167. The van der Waals surface area contributed by atoms with Crippen LogP contribution in [0.25, 0.3) is 10.8 Å². The first-order chi connectivity index (χ1) is 9.18. The van der Waals surface area contributed by atoms with Gasteiger partial charge in [0.2, 0.25) is 0 Å². The van der Waals surface area contributed by atoms with Crippen LogP contribution in [0.5, 0.6) is 0 Å². The van der Waals surface area contributed by atoms with E-state index in [1.165, 1.54) is 49.7 Å². The first-order valence-electron chi connectivity index (χ1n) is 5.97. The van der Waals surface area contributed by atoms with Crippen LogP contribution >= 0.6 is 40.7 Å². The maximum atomic E-state index is 3.59. The Labute approximate surface area is 179 Å². The summed E-state index contributed by atoms with van der Waals surface area (Å²) >= 11 is 4.95. The molecule has 2 aromatic carbocycles. The monoisotopic (exact) mass is 506 g/mol. The first-order valence-corrected chi connectivity index (χ1v) is 11.0. The molecule has 0 atom stereocenters. The van der Waals surface area contributed by atoms with E-state index in [1.54, 1.807) is 0 Å². The van der Waals surface area contributed by atoms with Crippen molar-refractivity contribution in [3.63, 3.8) is 0 Å². The summed E-state index contributed by atoms with van der Waals surface area (Å²) in [5.41, 5.74) is 2.63. The number of rotatable bonds is 0. The SMILES string of the molecule is Cc1cc2c(Br)c(C)ccc2[cH-]1.Cl.Cl.[C-]1=CC=CC1.[CH3-].[CH3-].[Si]=[Zr]. The van der Waals surface area contributed by atoms with Crippen LogP contribution in [0.4, 0.5) is 0 Å². The van der Waals surface area contributed by atoms with E-state index < -0.39 is 0 Å². The number of hydrogen-bond acceptors (Lipinski definition) is 0. The Morgan fingerprint density at radius 3 is 2.22 bits per heavy atom. The Balaban J connectivity index is -0.000000143. The molecule has 0 aromatic heterocycles. The van der Waals surface area contributed by atoms with Crippen LogP contribution in [0.15, 0.2) is 47.0 Å². The van der Waals surface area contributed by atoms with Crippen LogP contribution in [0, 0.1) is 34.8 Å². The van der Waals surface area contributed by atoms with Crippen LogP contribution in [-0.2, 0) is 23.3 Å². The number of benzene rings is 1. The summed E-state index contributed by atoms with van der Waals surface area (Å²) in [4.78, 5) is 0. The zero-order chi connectivity index (χ0) is 14.3. The fourth-order valence-corrected chi connectivity index (χ4v) is 2.32. The molecule has 0 saturated heterocycles. The molecular formula is C18H23BrCl2SiZr-4. The Bertz CT molecular complexity index is 596. The molecule has 0 bridgehead atoms. The van der Waals surface area contributed by atoms with Crippen molar-refractivity contribution in [1.29, 1.82) is 0 Å². The van der Waals surface area contributed by atoms with Gasteiger partial charge in [0.15, 0.2) is 0 Å². The topological polar surface area (TPSA) is 0 Å². The summed E-state index contributed by atoms with van der Waals surface area (Å²) in [6, 6.07) is 8.74. The molecule has 0 amide bonds. The third-order valence-electron chi connectivity index (χ3n) is 2.75. The average molecular weight is 510 g/mol. The molecule has 1 aliphatic rings. The number of fused-ring (bicyclic) bond motifs is 1. The molecule has 23 heavy (non-hydrogen) atoms. The van der Waals surface area contributed by atoms with Gasteiger partial charge < -0.3 is 14.9 Å². The minimum atomic E-state index is 0. The van der Waals surface area contributed by atoms with Crippen molar-refractivity contribution >= 4 is 58.4 Å². The summed E-state index contributed by atoms with van der Waals surface area (Å²) in [5, 5.41) is 2.65. The molecule has 0 heterocycles. The van der Waals surface area contributed by atoms with Gasteiger partial charge in [0, 0.05) is 0 Å². The predicted octanol–water partition coefficient (Wildman–Crippen LogP) is 6.60. The predicted molar refractivity (Wildman–Crippen MR) is 111 cm³/mol. The van der Waals surface area contributed by atoms with Crippen LogP contribution in [-0.4, -0.2) is 6.88 Å². The van der Waals surface area contributed by atoms with Gasteiger partial charge in [0.05, 0.1) is 0 Å². The average Bonchev–Trinajstić information content (AvgIpc) is 3.09. The molecule has 0 unspecified atom stereocenters. The van der Waals surface area contributed by atoms with Crippen LogP contribution in [0.3, 0.4) is 0 Å². The second kappa shape index (κ2) is 17.3. The number of aryl methyl sites for hydroxylation is 2. The molecule has 1 aliphatic carbocycles. The molecule has 2 aromatic rings. The van der Waals surface area contributed by atoms with Gasteiger partial charge in [0.1, 0.15) is 0 Å². The Morgan fingerprint density at radius 1 is 1.17 bits per heavy atom. The number of allylic oxidation sites excluding steroid dienone is 4. The molecule has 0 N–H and O–H groups in total. The molecule has 0 spiro atoms. The van der Waals surface area contributed by atoms with Crippen molar-refractivity contribution < 1.29 is 23.3 Å².